The molecule has 0 unspecified atom stereocenters. The van der Waals surface area contributed by atoms with E-state index in [0.29, 0.717) is 0 Å². The molecule has 0 amide bonds. The second-order valence-corrected chi connectivity index (χ2v) is 5.50. The number of anilines is 1. The predicted molar refractivity (Wildman–Crippen MR) is 72.8 cm³/mol. The summed E-state index contributed by atoms with van der Waals surface area (Å²) in [5.41, 5.74) is -0.176. The average molecular weight is 309 g/mol. The van der Waals surface area contributed by atoms with E-state index in [-0.39, 0.29) is 22.2 Å². The lowest BCUT2D eigenvalue weighted by Crippen LogP contribution is -2.16. The van der Waals surface area contributed by atoms with Crippen LogP contribution in [0.2, 0.25) is 0 Å². The highest BCUT2D eigenvalue weighted by molar-refractivity contribution is 7.92. The number of carboxylic acid groups (broad SMARTS) is 1. The largest absolute Gasteiger partial charge is 0.495 e. The molecule has 0 bridgehead atoms. The van der Waals surface area contributed by atoms with Crippen molar-refractivity contribution in [2.75, 3.05) is 11.8 Å². The number of benzene rings is 1. The second-order valence-electron chi connectivity index (χ2n) is 3.85. The quantitative estimate of drug-likeness (QED) is 0.845. The van der Waals surface area contributed by atoms with Gasteiger partial charge in [-0.2, -0.15) is 0 Å². The first-order valence-corrected chi connectivity index (χ1v) is 7.13. The van der Waals surface area contributed by atoms with Gasteiger partial charge >= 0.3 is 5.97 Å². The van der Waals surface area contributed by atoms with Crippen LogP contribution in [0.1, 0.15) is 10.4 Å². The first-order valence-electron chi connectivity index (χ1n) is 5.65. The SMILES string of the molecule is COc1ccc(C(=O)O)cc1S(=O)(=O)Nc1ncccn1. The third-order valence-electron chi connectivity index (χ3n) is 2.49. The summed E-state index contributed by atoms with van der Waals surface area (Å²) >= 11 is 0. The van der Waals surface area contributed by atoms with Gasteiger partial charge in [-0.1, -0.05) is 0 Å². The van der Waals surface area contributed by atoms with Crippen molar-refractivity contribution in [3.05, 3.63) is 42.2 Å². The summed E-state index contributed by atoms with van der Waals surface area (Å²) in [5.74, 6) is -1.35. The van der Waals surface area contributed by atoms with E-state index in [1.165, 1.54) is 37.7 Å². The summed E-state index contributed by atoms with van der Waals surface area (Å²) in [7, 11) is -2.79. The van der Waals surface area contributed by atoms with Crippen LogP contribution in [-0.4, -0.2) is 36.6 Å². The van der Waals surface area contributed by atoms with Crippen LogP contribution < -0.4 is 9.46 Å². The summed E-state index contributed by atoms with van der Waals surface area (Å²) in [6, 6.07) is 5.05. The number of aromatic nitrogens is 2. The van der Waals surface area contributed by atoms with Crippen molar-refractivity contribution in [1.29, 1.82) is 0 Å². The molecular weight excluding hydrogens is 298 g/mol. The highest BCUT2D eigenvalue weighted by Crippen LogP contribution is 2.26. The Morgan fingerprint density at radius 3 is 2.52 bits per heavy atom. The first-order chi connectivity index (χ1) is 9.94. The average Bonchev–Trinajstić information content (AvgIpc) is 2.47. The van der Waals surface area contributed by atoms with Crippen LogP contribution in [-0.2, 0) is 10.0 Å². The molecule has 0 aliphatic rings. The molecular formula is C12H11N3O5S. The Morgan fingerprint density at radius 1 is 1.29 bits per heavy atom. The van der Waals surface area contributed by atoms with Crippen LogP contribution in [0.5, 0.6) is 5.75 Å². The zero-order valence-electron chi connectivity index (χ0n) is 10.8. The molecule has 9 heteroatoms. The molecule has 0 aliphatic carbocycles. The number of aromatic carboxylic acids is 1. The first kappa shape index (κ1) is 14.7. The van der Waals surface area contributed by atoms with Crippen LogP contribution in [0.15, 0.2) is 41.6 Å². The van der Waals surface area contributed by atoms with E-state index in [2.05, 4.69) is 14.7 Å². The molecule has 2 aromatic rings. The predicted octanol–water partition coefficient (Wildman–Crippen LogP) is 0.984. The molecule has 0 fully saturated rings. The van der Waals surface area contributed by atoms with Crippen LogP contribution in [0.4, 0.5) is 5.95 Å². The Bertz CT molecular complexity index is 762. The second kappa shape index (κ2) is 5.75. The summed E-state index contributed by atoms with van der Waals surface area (Å²) in [4.78, 5) is 18.1. The van der Waals surface area contributed by atoms with Gasteiger partial charge in [-0.3, -0.25) is 0 Å². The zero-order chi connectivity index (χ0) is 15.5. The van der Waals surface area contributed by atoms with Gasteiger partial charge in [0.15, 0.2) is 0 Å². The molecule has 0 saturated carbocycles. The summed E-state index contributed by atoms with van der Waals surface area (Å²) in [6.45, 7) is 0. The molecule has 2 rings (SSSR count). The minimum atomic E-state index is -4.08. The maximum absolute atomic E-state index is 12.3. The van der Waals surface area contributed by atoms with Gasteiger partial charge in [0.2, 0.25) is 5.95 Å². The van der Waals surface area contributed by atoms with E-state index >= 15 is 0 Å². The number of carboxylic acids is 1. The Labute approximate surface area is 120 Å². The molecule has 110 valence electrons. The van der Waals surface area contributed by atoms with Crippen molar-refractivity contribution in [3.8, 4) is 5.75 Å². The molecule has 0 aliphatic heterocycles. The van der Waals surface area contributed by atoms with Crippen LogP contribution in [0.3, 0.4) is 0 Å². The Morgan fingerprint density at radius 2 is 1.95 bits per heavy atom. The lowest BCUT2D eigenvalue weighted by Gasteiger charge is -2.11. The van der Waals surface area contributed by atoms with Crippen molar-refractivity contribution < 1.29 is 23.1 Å². The topological polar surface area (TPSA) is 118 Å². The van der Waals surface area contributed by atoms with Gasteiger partial charge in [-0.15, -0.1) is 0 Å². The highest BCUT2D eigenvalue weighted by Gasteiger charge is 2.22. The third-order valence-corrected chi connectivity index (χ3v) is 3.84. The molecule has 0 spiro atoms. The maximum atomic E-state index is 12.3. The van der Waals surface area contributed by atoms with E-state index in [9.17, 15) is 13.2 Å². The summed E-state index contributed by atoms with van der Waals surface area (Å²) in [6.07, 6.45) is 2.74. The van der Waals surface area contributed by atoms with Gasteiger partial charge in [0.05, 0.1) is 12.7 Å². The fourth-order valence-corrected chi connectivity index (χ4v) is 2.70. The molecule has 1 aromatic heterocycles. The normalized spacial score (nSPS) is 10.9. The number of rotatable bonds is 5. The van der Waals surface area contributed by atoms with Gasteiger partial charge in [0, 0.05) is 12.4 Å². The van der Waals surface area contributed by atoms with Gasteiger partial charge in [0.25, 0.3) is 10.0 Å². The van der Waals surface area contributed by atoms with Gasteiger partial charge in [-0.05, 0) is 24.3 Å². The Kier molecular flexibility index (Phi) is 4.03. The molecule has 21 heavy (non-hydrogen) atoms. The van der Waals surface area contributed by atoms with E-state index in [1.54, 1.807) is 0 Å². The van der Waals surface area contributed by atoms with E-state index in [4.69, 9.17) is 9.84 Å². The number of methoxy groups -OCH3 is 1. The standard InChI is InChI=1S/C12H11N3O5S/c1-20-9-4-3-8(11(16)17)7-10(9)21(18,19)15-12-13-5-2-6-14-12/h2-7H,1H3,(H,16,17)(H,13,14,15). The number of carbonyl (C=O) groups is 1. The smallest absolute Gasteiger partial charge is 0.335 e. The van der Waals surface area contributed by atoms with Crippen molar-refractivity contribution in [2.45, 2.75) is 4.90 Å². The van der Waals surface area contributed by atoms with Gasteiger partial charge in [-0.25, -0.2) is 27.9 Å². The number of nitrogens with zero attached hydrogens (tertiary/aromatic N) is 2. The molecule has 0 saturated heterocycles. The van der Waals surface area contributed by atoms with Crippen LogP contribution in [0.25, 0.3) is 0 Å². The van der Waals surface area contributed by atoms with E-state index in [0.717, 1.165) is 6.07 Å². The number of hydrogen-bond donors (Lipinski definition) is 2. The molecule has 0 radical (unpaired) electrons. The molecule has 1 heterocycles. The molecule has 2 N–H and O–H groups in total. The van der Waals surface area contributed by atoms with Gasteiger partial charge < -0.3 is 9.84 Å². The van der Waals surface area contributed by atoms with Crippen molar-refractivity contribution in [3.63, 3.8) is 0 Å². The Hall–Kier alpha value is -2.68. The molecule has 8 nitrogen and oxygen atoms in total. The fraction of sp³-hybridized carbons (Fsp3) is 0.0833. The van der Waals surface area contributed by atoms with E-state index < -0.39 is 16.0 Å². The number of nitrogens with one attached hydrogen (secondary N) is 1. The van der Waals surface area contributed by atoms with E-state index in [1.807, 2.05) is 0 Å². The van der Waals surface area contributed by atoms with Crippen LogP contribution >= 0.6 is 0 Å². The lowest BCUT2D eigenvalue weighted by molar-refractivity contribution is 0.0696. The Balaban J connectivity index is 2.48. The summed E-state index contributed by atoms with van der Waals surface area (Å²) < 4.78 is 31.7. The molecule has 1 aromatic carbocycles. The number of sulfonamides is 1. The fourth-order valence-electron chi connectivity index (χ4n) is 1.55. The lowest BCUT2D eigenvalue weighted by atomic mass is 10.2. The minimum Gasteiger partial charge on any atom is -0.495 e. The maximum Gasteiger partial charge on any atom is 0.335 e. The number of hydrogen-bond acceptors (Lipinski definition) is 6. The zero-order valence-corrected chi connectivity index (χ0v) is 11.7. The summed E-state index contributed by atoms with van der Waals surface area (Å²) in [5, 5.41) is 8.95. The van der Waals surface area contributed by atoms with Crippen molar-refractivity contribution >= 4 is 21.9 Å². The van der Waals surface area contributed by atoms with Gasteiger partial charge in [0.1, 0.15) is 10.6 Å². The number of ether oxygens (including phenoxy) is 1. The monoisotopic (exact) mass is 309 g/mol. The van der Waals surface area contributed by atoms with Crippen molar-refractivity contribution in [1.82, 2.24) is 9.97 Å². The molecule has 0 atom stereocenters. The third kappa shape index (κ3) is 3.26. The van der Waals surface area contributed by atoms with Crippen LogP contribution in [0, 0.1) is 0 Å². The minimum absolute atomic E-state index is 0.0171. The highest BCUT2D eigenvalue weighted by atomic mass is 32.2. The van der Waals surface area contributed by atoms with Crippen molar-refractivity contribution in [2.24, 2.45) is 0 Å².